The molecule has 0 bridgehead atoms. The summed E-state index contributed by atoms with van der Waals surface area (Å²) in [6, 6.07) is 2.53. The molecule has 102 valence electrons. The van der Waals surface area contributed by atoms with Gasteiger partial charge >= 0.3 is 0 Å². The van der Waals surface area contributed by atoms with Gasteiger partial charge in [0.2, 0.25) is 0 Å². The Bertz CT molecular complexity index is 349. The molecule has 0 aromatic heterocycles. The van der Waals surface area contributed by atoms with Crippen molar-refractivity contribution in [1.29, 1.82) is 0 Å². The van der Waals surface area contributed by atoms with Crippen molar-refractivity contribution in [2.45, 2.75) is 26.3 Å². The number of nitrogens with one attached hydrogen (secondary N) is 1. The normalized spacial score (nSPS) is 10.7. The van der Waals surface area contributed by atoms with Gasteiger partial charge in [-0.05, 0) is 30.7 Å². The minimum Gasteiger partial charge on any atom is -0.488 e. The predicted octanol–water partition coefficient (Wildman–Crippen LogP) is 2.23. The van der Waals surface area contributed by atoms with E-state index in [2.05, 4.69) is 5.32 Å². The molecule has 0 unspecified atom stereocenters. The van der Waals surface area contributed by atoms with Crippen LogP contribution in [0.25, 0.3) is 0 Å². The summed E-state index contributed by atoms with van der Waals surface area (Å²) in [5.41, 5.74) is 0.549. The van der Waals surface area contributed by atoms with Crippen molar-refractivity contribution in [3.63, 3.8) is 0 Å². The van der Waals surface area contributed by atoms with Gasteiger partial charge in [0.15, 0.2) is 17.4 Å². The van der Waals surface area contributed by atoms with Crippen molar-refractivity contribution in [2.75, 3.05) is 19.8 Å². The molecule has 0 aliphatic heterocycles. The number of aliphatic hydroxyl groups excluding tert-OH is 1. The molecule has 0 saturated carbocycles. The van der Waals surface area contributed by atoms with Gasteiger partial charge in [-0.2, -0.15) is 0 Å². The lowest BCUT2D eigenvalue weighted by molar-refractivity contribution is 0.222. The Morgan fingerprint density at radius 3 is 2.50 bits per heavy atom. The molecular weight excluding hydrogens is 240 g/mol. The second-order valence-corrected chi connectivity index (χ2v) is 3.99. The maximum atomic E-state index is 13.6. The SMILES string of the molecule is CCCNCc1cc(F)c(OCCCO)c(F)c1. The Morgan fingerprint density at radius 1 is 1.28 bits per heavy atom. The molecule has 0 aliphatic carbocycles. The molecule has 0 amide bonds. The topological polar surface area (TPSA) is 41.5 Å². The highest BCUT2D eigenvalue weighted by Crippen LogP contribution is 2.23. The van der Waals surface area contributed by atoms with Crippen molar-refractivity contribution in [1.82, 2.24) is 5.32 Å². The second-order valence-electron chi connectivity index (χ2n) is 3.99. The maximum Gasteiger partial charge on any atom is 0.190 e. The Morgan fingerprint density at radius 2 is 1.94 bits per heavy atom. The maximum absolute atomic E-state index is 13.6. The number of ether oxygens (including phenoxy) is 1. The molecule has 18 heavy (non-hydrogen) atoms. The van der Waals surface area contributed by atoms with Crippen molar-refractivity contribution in [3.8, 4) is 5.75 Å². The molecule has 0 heterocycles. The molecule has 5 heteroatoms. The van der Waals surface area contributed by atoms with Gasteiger partial charge in [0.1, 0.15) is 0 Å². The second kappa shape index (κ2) is 8.00. The molecule has 0 radical (unpaired) electrons. The fourth-order valence-electron chi connectivity index (χ4n) is 1.50. The number of aliphatic hydroxyl groups is 1. The molecule has 0 spiro atoms. The van der Waals surface area contributed by atoms with E-state index in [0.717, 1.165) is 13.0 Å². The van der Waals surface area contributed by atoms with E-state index in [4.69, 9.17) is 9.84 Å². The summed E-state index contributed by atoms with van der Waals surface area (Å²) >= 11 is 0. The van der Waals surface area contributed by atoms with Gasteiger partial charge in [-0.1, -0.05) is 6.92 Å². The van der Waals surface area contributed by atoms with Crippen molar-refractivity contribution < 1.29 is 18.6 Å². The van der Waals surface area contributed by atoms with Crippen molar-refractivity contribution in [3.05, 3.63) is 29.3 Å². The molecule has 1 rings (SSSR count). The van der Waals surface area contributed by atoms with Crippen LogP contribution in [0.5, 0.6) is 5.75 Å². The van der Waals surface area contributed by atoms with E-state index in [0.29, 0.717) is 18.5 Å². The monoisotopic (exact) mass is 259 g/mol. The highest BCUT2D eigenvalue weighted by molar-refractivity contribution is 5.31. The van der Waals surface area contributed by atoms with E-state index >= 15 is 0 Å². The van der Waals surface area contributed by atoms with Gasteiger partial charge in [0, 0.05) is 19.6 Å². The van der Waals surface area contributed by atoms with E-state index in [1.54, 1.807) is 0 Å². The van der Waals surface area contributed by atoms with E-state index in [1.165, 1.54) is 12.1 Å². The highest BCUT2D eigenvalue weighted by atomic mass is 19.1. The molecular formula is C13H19F2NO2. The Hall–Kier alpha value is -1.20. The number of rotatable bonds is 8. The Kier molecular flexibility index (Phi) is 6.60. The molecule has 0 aliphatic rings. The minimum absolute atomic E-state index is 0.0672. The molecule has 0 saturated heterocycles. The molecule has 0 fully saturated rings. The van der Waals surface area contributed by atoms with E-state index in [9.17, 15) is 8.78 Å². The smallest absolute Gasteiger partial charge is 0.190 e. The predicted molar refractivity (Wildman–Crippen MR) is 65.6 cm³/mol. The van der Waals surface area contributed by atoms with Gasteiger partial charge in [-0.25, -0.2) is 8.78 Å². The van der Waals surface area contributed by atoms with Crippen LogP contribution in [-0.4, -0.2) is 24.9 Å². The van der Waals surface area contributed by atoms with Crippen LogP contribution < -0.4 is 10.1 Å². The zero-order valence-electron chi connectivity index (χ0n) is 10.5. The van der Waals surface area contributed by atoms with Crippen LogP contribution >= 0.6 is 0 Å². The highest BCUT2D eigenvalue weighted by Gasteiger charge is 2.12. The first kappa shape index (κ1) is 14.9. The lowest BCUT2D eigenvalue weighted by Crippen LogP contribution is -2.14. The third-order valence-corrected chi connectivity index (χ3v) is 2.36. The largest absolute Gasteiger partial charge is 0.488 e. The Labute approximate surface area is 106 Å². The van der Waals surface area contributed by atoms with Gasteiger partial charge in [-0.3, -0.25) is 0 Å². The van der Waals surface area contributed by atoms with Crippen LogP contribution in [0.2, 0.25) is 0 Å². The average Bonchev–Trinajstić information content (AvgIpc) is 2.33. The number of hydrogen-bond donors (Lipinski definition) is 2. The van der Waals surface area contributed by atoms with Gasteiger partial charge in [0.25, 0.3) is 0 Å². The van der Waals surface area contributed by atoms with E-state index in [1.807, 2.05) is 6.92 Å². The molecule has 3 nitrogen and oxygen atoms in total. The molecule has 2 N–H and O–H groups in total. The van der Waals surface area contributed by atoms with Crippen molar-refractivity contribution in [2.24, 2.45) is 0 Å². The zero-order valence-corrected chi connectivity index (χ0v) is 10.5. The average molecular weight is 259 g/mol. The van der Waals surface area contributed by atoms with Crippen molar-refractivity contribution >= 4 is 0 Å². The molecule has 0 atom stereocenters. The van der Waals surface area contributed by atoms with Crippen LogP contribution in [0, 0.1) is 11.6 Å². The van der Waals surface area contributed by atoms with Crippen LogP contribution in [-0.2, 0) is 6.54 Å². The van der Waals surface area contributed by atoms with Gasteiger partial charge in [0.05, 0.1) is 6.61 Å². The summed E-state index contributed by atoms with van der Waals surface area (Å²) in [6.07, 6.45) is 1.31. The lowest BCUT2D eigenvalue weighted by atomic mass is 10.2. The summed E-state index contributed by atoms with van der Waals surface area (Å²) in [5, 5.41) is 11.6. The number of hydrogen-bond acceptors (Lipinski definition) is 3. The number of halogens is 2. The first-order chi connectivity index (χ1) is 8.69. The summed E-state index contributed by atoms with van der Waals surface area (Å²) in [6.45, 7) is 3.28. The standard InChI is InChI=1S/C13H19F2NO2/c1-2-4-16-9-10-7-11(14)13(12(15)8-10)18-6-3-5-17/h7-8,16-17H,2-6,9H2,1H3. The molecule has 1 aromatic carbocycles. The van der Waals surface area contributed by atoms with Crippen LogP contribution in [0.3, 0.4) is 0 Å². The van der Waals surface area contributed by atoms with Gasteiger partial charge in [-0.15, -0.1) is 0 Å². The number of benzene rings is 1. The fourth-order valence-corrected chi connectivity index (χ4v) is 1.50. The van der Waals surface area contributed by atoms with Crippen LogP contribution in [0.1, 0.15) is 25.3 Å². The Balaban J connectivity index is 2.65. The third-order valence-electron chi connectivity index (χ3n) is 2.36. The van der Waals surface area contributed by atoms with E-state index < -0.39 is 11.6 Å². The summed E-state index contributed by atoms with van der Waals surface area (Å²) in [5.74, 6) is -1.79. The molecule has 1 aromatic rings. The first-order valence-electron chi connectivity index (χ1n) is 6.11. The summed E-state index contributed by atoms with van der Waals surface area (Å²) in [7, 11) is 0. The van der Waals surface area contributed by atoms with Crippen LogP contribution in [0.15, 0.2) is 12.1 Å². The zero-order chi connectivity index (χ0) is 13.4. The lowest BCUT2D eigenvalue weighted by Gasteiger charge is -2.10. The quantitative estimate of drug-likeness (QED) is 0.703. The fraction of sp³-hybridized carbons (Fsp3) is 0.538. The minimum atomic E-state index is -0.707. The van der Waals surface area contributed by atoms with Crippen LogP contribution in [0.4, 0.5) is 8.78 Å². The first-order valence-corrected chi connectivity index (χ1v) is 6.11. The van der Waals surface area contributed by atoms with Gasteiger partial charge < -0.3 is 15.2 Å². The summed E-state index contributed by atoms with van der Waals surface area (Å²) in [4.78, 5) is 0. The summed E-state index contributed by atoms with van der Waals surface area (Å²) < 4.78 is 32.1. The van der Waals surface area contributed by atoms with E-state index in [-0.39, 0.29) is 19.0 Å². The third kappa shape index (κ3) is 4.58.